The molecule has 1 aliphatic rings. The molecule has 4 heteroatoms. The number of hydrogen-bond acceptors (Lipinski definition) is 4. The second kappa shape index (κ2) is 6.06. The highest BCUT2D eigenvalue weighted by Gasteiger charge is 2.25. The molecule has 0 spiro atoms. The smallest absolute Gasteiger partial charge is 0.125 e. The Balaban J connectivity index is 2.38. The van der Waals surface area contributed by atoms with Crippen LogP contribution in [0.15, 0.2) is 18.2 Å². The van der Waals surface area contributed by atoms with E-state index >= 15 is 0 Å². The SMILES string of the molecule is COc1cccc(N2CC(C)SC(C)C2)c1C(C)N. The maximum absolute atomic E-state index is 6.16. The van der Waals surface area contributed by atoms with Gasteiger partial charge >= 0.3 is 0 Å². The average molecular weight is 280 g/mol. The lowest BCUT2D eigenvalue weighted by Crippen LogP contribution is -2.41. The van der Waals surface area contributed by atoms with Crippen LogP contribution in [0.4, 0.5) is 5.69 Å². The van der Waals surface area contributed by atoms with Gasteiger partial charge < -0.3 is 15.4 Å². The van der Waals surface area contributed by atoms with Gasteiger partial charge in [0.2, 0.25) is 0 Å². The van der Waals surface area contributed by atoms with Crippen molar-refractivity contribution in [2.24, 2.45) is 5.73 Å². The maximum Gasteiger partial charge on any atom is 0.125 e. The Morgan fingerprint density at radius 2 is 1.95 bits per heavy atom. The molecule has 0 amide bonds. The highest BCUT2D eigenvalue weighted by atomic mass is 32.2. The highest BCUT2D eigenvalue weighted by molar-refractivity contribution is 8.00. The Morgan fingerprint density at radius 1 is 1.32 bits per heavy atom. The van der Waals surface area contributed by atoms with Gasteiger partial charge in [-0.05, 0) is 19.1 Å². The van der Waals surface area contributed by atoms with Gasteiger partial charge in [0.15, 0.2) is 0 Å². The van der Waals surface area contributed by atoms with Crippen molar-refractivity contribution in [2.75, 3.05) is 25.1 Å². The second-order valence-electron chi connectivity index (χ2n) is 5.34. The number of nitrogens with zero attached hydrogens (tertiary/aromatic N) is 1. The van der Waals surface area contributed by atoms with Crippen LogP contribution in [0.2, 0.25) is 0 Å². The minimum absolute atomic E-state index is 0.0219. The number of anilines is 1. The summed E-state index contributed by atoms with van der Waals surface area (Å²) in [6.07, 6.45) is 0. The number of thioether (sulfide) groups is 1. The molecule has 0 aliphatic carbocycles. The average Bonchev–Trinajstić information content (AvgIpc) is 2.36. The van der Waals surface area contributed by atoms with Crippen LogP contribution in [0.3, 0.4) is 0 Å². The number of nitrogens with two attached hydrogens (primary N) is 1. The summed E-state index contributed by atoms with van der Waals surface area (Å²) in [7, 11) is 1.71. The van der Waals surface area contributed by atoms with E-state index in [1.807, 2.05) is 13.0 Å². The van der Waals surface area contributed by atoms with Crippen molar-refractivity contribution >= 4 is 17.4 Å². The molecule has 3 unspecified atom stereocenters. The van der Waals surface area contributed by atoms with E-state index in [9.17, 15) is 0 Å². The molecule has 0 radical (unpaired) electrons. The first kappa shape index (κ1) is 14.5. The van der Waals surface area contributed by atoms with Crippen molar-refractivity contribution in [3.05, 3.63) is 23.8 Å². The summed E-state index contributed by atoms with van der Waals surface area (Å²) in [6, 6.07) is 6.19. The summed E-state index contributed by atoms with van der Waals surface area (Å²) in [5, 5.41) is 1.30. The predicted octanol–water partition coefficient (Wildman–Crippen LogP) is 3.05. The molecule has 3 nitrogen and oxygen atoms in total. The fraction of sp³-hybridized carbons (Fsp3) is 0.600. The number of methoxy groups -OCH3 is 1. The third kappa shape index (κ3) is 3.18. The fourth-order valence-corrected chi connectivity index (χ4v) is 4.14. The van der Waals surface area contributed by atoms with E-state index in [0.717, 1.165) is 24.4 Å². The van der Waals surface area contributed by atoms with Crippen LogP contribution < -0.4 is 15.4 Å². The minimum atomic E-state index is -0.0219. The van der Waals surface area contributed by atoms with Crippen molar-refractivity contribution in [3.8, 4) is 5.75 Å². The Morgan fingerprint density at radius 3 is 2.47 bits per heavy atom. The molecule has 1 heterocycles. The van der Waals surface area contributed by atoms with Crippen LogP contribution >= 0.6 is 11.8 Å². The minimum Gasteiger partial charge on any atom is -0.496 e. The lowest BCUT2D eigenvalue weighted by atomic mass is 10.0. The van der Waals surface area contributed by atoms with Gasteiger partial charge in [0, 0.05) is 40.9 Å². The molecule has 0 saturated carbocycles. The summed E-state index contributed by atoms with van der Waals surface area (Å²) < 4.78 is 5.48. The molecule has 1 aliphatic heterocycles. The summed E-state index contributed by atoms with van der Waals surface area (Å²) in [5.41, 5.74) is 8.51. The molecule has 1 aromatic carbocycles. The molecular weight excluding hydrogens is 256 g/mol. The quantitative estimate of drug-likeness (QED) is 0.923. The first-order chi connectivity index (χ1) is 9.02. The van der Waals surface area contributed by atoms with Gasteiger partial charge in [-0.15, -0.1) is 0 Å². The summed E-state index contributed by atoms with van der Waals surface area (Å²) in [6.45, 7) is 8.74. The summed E-state index contributed by atoms with van der Waals surface area (Å²) in [4.78, 5) is 2.45. The molecule has 2 rings (SSSR count). The Kier molecular flexibility index (Phi) is 4.63. The Bertz CT molecular complexity index is 426. The van der Waals surface area contributed by atoms with Crippen LogP contribution in [0.1, 0.15) is 32.4 Å². The van der Waals surface area contributed by atoms with E-state index in [-0.39, 0.29) is 6.04 Å². The number of rotatable bonds is 3. The third-order valence-corrected chi connectivity index (χ3v) is 4.71. The standard InChI is InChI=1S/C15H24N2OS/c1-10-8-17(9-11(2)19-10)13-6-5-7-14(18-4)15(13)12(3)16/h5-7,10-12H,8-9,16H2,1-4H3. The molecule has 1 saturated heterocycles. The second-order valence-corrected chi connectivity index (χ2v) is 7.23. The van der Waals surface area contributed by atoms with Gasteiger partial charge in [0.05, 0.1) is 7.11 Å². The first-order valence-electron chi connectivity index (χ1n) is 6.85. The molecule has 1 fully saturated rings. The zero-order chi connectivity index (χ0) is 14.0. The zero-order valence-electron chi connectivity index (χ0n) is 12.2. The lowest BCUT2D eigenvalue weighted by molar-refractivity contribution is 0.407. The number of benzene rings is 1. The van der Waals surface area contributed by atoms with Gasteiger partial charge in [0.1, 0.15) is 5.75 Å². The maximum atomic E-state index is 6.16. The zero-order valence-corrected chi connectivity index (χ0v) is 13.0. The third-order valence-electron chi connectivity index (χ3n) is 3.48. The van der Waals surface area contributed by atoms with Gasteiger partial charge in [0.25, 0.3) is 0 Å². The van der Waals surface area contributed by atoms with E-state index < -0.39 is 0 Å². The van der Waals surface area contributed by atoms with Crippen molar-refractivity contribution in [2.45, 2.75) is 37.3 Å². The van der Waals surface area contributed by atoms with Crippen LogP contribution in [0, 0.1) is 0 Å². The first-order valence-corrected chi connectivity index (χ1v) is 7.80. The number of ether oxygens (including phenoxy) is 1. The van der Waals surface area contributed by atoms with Crippen LogP contribution in [-0.4, -0.2) is 30.7 Å². The van der Waals surface area contributed by atoms with Crippen molar-refractivity contribution in [1.29, 1.82) is 0 Å². The number of hydrogen-bond donors (Lipinski definition) is 1. The molecule has 0 aromatic heterocycles. The van der Waals surface area contributed by atoms with Crippen molar-refractivity contribution in [3.63, 3.8) is 0 Å². The summed E-state index contributed by atoms with van der Waals surface area (Å²) >= 11 is 2.06. The van der Waals surface area contributed by atoms with Crippen LogP contribution in [-0.2, 0) is 0 Å². The van der Waals surface area contributed by atoms with Gasteiger partial charge in [-0.2, -0.15) is 11.8 Å². The van der Waals surface area contributed by atoms with Crippen molar-refractivity contribution in [1.82, 2.24) is 0 Å². The van der Waals surface area contributed by atoms with Crippen LogP contribution in [0.5, 0.6) is 5.75 Å². The van der Waals surface area contributed by atoms with E-state index in [1.54, 1.807) is 7.11 Å². The van der Waals surface area contributed by atoms with Crippen LogP contribution in [0.25, 0.3) is 0 Å². The molecule has 19 heavy (non-hydrogen) atoms. The van der Waals surface area contributed by atoms with E-state index in [1.165, 1.54) is 5.69 Å². The fourth-order valence-electron chi connectivity index (χ4n) is 2.82. The van der Waals surface area contributed by atoms with Gasteiger partial charge in [-0.3, -0.25) is 0 Å². The van der Waals surface area contributed by atoms with E-state index in [4.69, 9.17) is 10.5 Å². The van der Waals surface area contributed by atoms with Gasteiger partial charge in [-0.25, -0.2) is 0 Å². The Labute approximate surface area is 120 Å². The van der Waals surface area contributed by atoms with Crippen molar-refractivity contribution < 1.29 is 4.74 Å². The molecule has 106 valence electrons. The van der Waals surface area contributed by atoms with Gasteiger partial charge in [-0.1, -0.05) is 19.9 Å². The summed E-state index contributed by atoms with van der Waals surface area (Å²) in [5.74, 6) is 0.894. The molecule has 3 atom stereocenters. The highest BCUT2D eigenvalue weighted by Crippen LogP contribution is 2.36. The predicted molar refractivity (Wildman–Crippen MR) is 84.3 cm³/mol. The Hall–Kier alpha value is -0.870. The monoisotopic (exact) mass is 280 g/mol. The van der Waals surface area contributed by atoms with E-state index in [0.29, 0.717) is 10.5 Å². The molecular formula is C15H24N2OS. The lowest BCUT2D eigenvalue weighted by Gasteiger charge is -2.38. The normalized spacial score (nSPS) is 25.2. The molecule has 1 aromatic rings. The largest absolute Gasteiger partial charge is 0.496 e. The topological polar surface area (TPSA) is 38.5 Å². The molecule has 0 bridgehead atoms. The molecule has 2 N–H and O–H groups in total. The van der Waals surface area contributed by atoms with E-state index in [2.05, 4.69) is 42.6 Å².